The van der Waals surface area contributed by atoms with Gasteiger partial charge in [0.25, 0.3) is 15.9 Å². The van der Waals surface area contributed by atoms with Crippen LogP contribution in [0.4, 0.5) is 10.1 Å². The van der Waals surface area contributed by atoms with Crippen molar-refractivity contribution in [2.24, 2.45) is 0 Å². The second-order valence-electron chi connectivity index (χ2n) is 10.6. The van der Waals surface area contributed by atoms with Crippen LogP contribution in [-0.2, 0) is 32.7 Å². The Labute approximate surface area is 278 Å². The third-order valence-electron chi connectivity index (χ3n) is 7.27. The van der Waals surface area contributed by atoms with Crippen LogP contribution < -0.4 is 19.5 Å². The molecule has 2 N–H and O–H groups in total. The third kappa shape index (κ3) is 8.95. The topological polar surface area (TPSA) is 127 Å². The van der Waals surface area contributed by atoms with Crippen LogP contribution in [-0.4, -0.2) is 43.8 Å². The monoisotopic (exact) mass is 668 g/mol. The molecule has 0 aliphatic carbocycles. The van der Waals surface area contributed by atoms with Gasteiger partial charge in [0, 0.05) is 18.4 Å². The number of hydrogen-bond donors (Lipinski definition) is 2. The predicted molar refractivity (Wildman–Crippen MR) is 178 cm³/mol. The van der Waals surface area contributed by atoms with Gasteiger partial charge in [0.2, 0.25) is 5.91 Å². The van der Waals surface area contributed by atoms with Gasteiger partial charge in [-0.05, 0) is 83.9 Å². The average molecular weight is 669 g/mol. The molecule has 0 aliphatic heterocycles. The number of nitrogens with zero attached hydrogens (tertiary/aromatic N) is 2. The number of sulfonamides is 1. The van der Waals surface area contributed by atoms with E-state index in [2.05, 4.69) is 15.0 Å². The van der Waals surface area contributed by atoms with Crippen molar-refractivity contribution >= 4 is 27.5 Å². The van der Waals surface area contributed by atoms with Gasteiger partial charge in [-0.1, -0.05) is 48.5 Å². The van der Waals surface area contributed by atoms with Gasteiger partial charge in [0.05, 0.1) is 24.2 Å². The Kier molecular flexibility index (Phi) is 11.0. The summed E-state index contributed by atoms with van der Waals surface area (Å²) < 4.78 is 52.4. The zero-order chi connectivity index (χ0) is 33.9. The van der Waals surface area contributed by atoms with Crippen LogP contribution in [0, 0.1) is 5.82 Å². The Morgan fingerprint density at radius 1 is 0.833 bits per heavy atom. The van der Waals surface area contributed by atoms with Gasteiger partial charge < -0.3 is 19.7 Å². The number of ether oxygens (including phenoxy) is 2. The van der Waals surface area contributed by atoms with Gasteiger partial charge in [-0.2, -0.15) is 0 Å². The minimum atomic E-state index is -3.97. The lowest BCUT2D eigenvalue weighted by atomic mass is 10.0. The van der Waals surface area contributed by atoms with E-state index in [0.29, 0.717) is 17.0 Å². The fourth-order valence-corrected chi connectivity index (χ4v) is 5.87. The highest BCUT2D eigenvalue weighted by molar-refractivity contribution is 7.92. The van der Waals surface area contributed by atoms with Crippen LogP contribution in [0.5, 0.6) is 11.5 Å². The van der Waals surface area contributed by atoms with Crippen molar-refractivity contribution in [3.8, 4) is 11.5 Å². The van der Waals surface area contributed by atoms with Crippen molar-refractivity contribution < 1.29 is 31.9 Å². The first-order valence-corrected chi connectivity index (χ1v) is 16.4. The largest absolute Gasteiger partial charge is 0.497 e. The SMILES string of the molecule is COc1ccc(CN(C(=O)COc2ccc(S(=O)(=O)Nc3ccc(F)cc3)cc2)C(C(=O)NCc2ccccn2)c2ccccc2)cc1. The minimum Gasteiger partial charge on any atom is -0.497 e. The summed E-state index contributed by atoms with van der Waals surface area (Å²) in [6.45, 7) is -0.197. The maximum Gasteiger partial charge on any atom is 0.261 e. The van der Waals surface area contributed by atoms with E-state index in [1.165, 1.54) is 41.3 Å². The number of pyridine rings is 1. The van der Waals surface area contributed by atoms with Crippen molar-refractivity contribution in [2.45, 2.75) is 24.0 Å². The zero-order valence-corrected chi connectivity index (χ0v) is 26.8. The van der Waals surface area contributed by atoms with Gasteiger partial charge in [-0.15, -0.1) is 0 Å². The maximum absolute atomic E-state index is 13.9. The Morgan fingerprint density at radius 3 is 2.15 bits per heavy atom. The zero-order valence-electron chi connectivity index (χ0n) is 26.0. The molecular formula is C36H33FN4O6S. The van der Waals surface area contributed by atoms with Gasteiger partial charge in [-0.25, -0.2) is 12.8 Å². The molecule has 2 amide bonds. The average Bonchev–Trinajstić information content (AvgIpc) is 3.11. The standard InChI is InChI=1S/C36H33FN4O6S/c1-46-31-16-10-26(11-17-31)24-41(35(27-7-3-2-4-8-27)36(43)39-23-30-9-5-6-22-38-30)34(42)25-47-32-18-20-33(21-19-32)48(44,45)40-29-14-12-28(37)13-15-29/h2-22,35,40H,23-25H2,1H3,(H,39,43). The first-order chi connectivity index (χ1) is 23.2. The second kappa shape index (κ2) is 15.7. The lowest BCUT2D eigenvalue weighted by Crippen LogP contribution is -2.45. The summed E-state index contributed by atoms with van der Waals surface area (Å²) in [7, 11) is -2.41. The minimum absolute atomic E-state index is 0.0552. The number of halogens is 1. The van der Waals surface area contributed by atoms with E-state index >= 15 is 0 Å². The summed E-state index contributed by atoms with van der Waals surface area (Å²) in [5.41, 5.74) is 2.22. The molecular weight excluding hydrogens is 635 g/mol. The molecule has 1 atom stereocenters. The van der Waals surface area contributed by atoms with E-state index < -0.39 is 40.3 Å². The summed E-state index contributed by atoms with van der Waals surface area (Å²) in [5.74, 6) is -0.494. The number of amides is 2. The Bertz CT molecular complexity index is 1910. The molecule has 0 fully saturated rings. The number of methoxy groups -OCH3 is 1. The van der Waals surface area contributed by atoms with Gasteiger partial charge >= 0.3 is 0 Å². The van der Waals surface area contributed by atoms with Crippen LogP contribution in [0.25, 0.3) is 0 Å². The van der Waals surface area contributed by atoms with Gasteiger partial charge in [-0.3, -0.25) is 19.3 Å². The molecule has 48 heavy (non-hydrogen) atoms. The van der Waals surface area contributed by atoms with E-state index in [-0.39, 0.29) is 29.4 Å². The van der Waals surface area contributed by atoms with Crippen molar-refractivity contribution in [1.29, 1.82) is 0 Å². The molecule has 246 valence electrons. The normalized spacial score (nSPS) is 11.6. The summed E-state index contributed by atoms with van der Waals surface area (Å²) in [6.07, 6.45) is 1.64. The fourth-order valence-electron chi connectivity index (χ4n) is 4.81. The lowest BCUT2D eigenvalue weighted by Gasteiger charge is -2.31. The third-order valence-corrected chi connectivity index (χ3v) is 8.67. The van der Waals surface area contributed by atoms with Gasteiger partial charge in [0.1, 0.15) is 23.4 Å². The van der Waals surface area contributed by atoms with E-state index in [0.717, 1.165) is 17.7 Å². The first-order valence-electron chi connectivity index (χ1n) is 14.9. The highest BCUT2D eigenvalue weighted by Crippen LogP contribution is 2.26. The van der Waals surface area contributed by atoms with Crippen molar-refractivity contribution in [3.63, 3.8) is 0 Å². The lowest BCUT2D eigenvalue weighted by molar-refractivity contribution is -0.143. The molecule has 4 aromatic carbocycles. The van der Waals surface area contributed by atoms with Crippen molar-refractivity contribution in [1.82, 2.24) is 15.2 Å². The summed E-state index contributed by atoms with van der Waals surface area (Å²) in [6, 6.07) is 31.0. The number of carbonyl (C=O) groups is 2. The predicted octanol–water partition coefficient (Wildman–Crippen LogP) is 5.50. The number of aromatic nitrogens is 1. The van der Waals surface area contributed by atoms with Crippen molar-refractivity contribution in [3.05, 3.63) is 150 Å². The Morgan fingerprint density at radius 2 is 1.50 bits per heavy atom. The number of rotatable bonds is 14. The van der Waals surface area contributed by atoms with Crippen LogP contribution in [0.3, 0.4) is 0 Å². The molecule has 0 aliphatic rings. The molecule has 0 radical (unpaired) electrons. The summed E-state index contributed by atoms with van der Waals surface area (Å²) in [5, 5.41) is 2.91. The Hall–Kier alpha value is -5.75. The number of benzene rings is 4. The van der Waals surface area contributed by atoms with Crippen LogP contribution in [0.15, 0.2) is 132 Å². The highest BCUT2D eigenvalue weighted by atomic mass is 32.2. The molecule has 12 heteroatoms. The van der Waals surface area contributed by atoms with E-state index in [1.54, 1.807) is 61.8 Å². The molecule has 0 saturated heterocycles. The molecule has 1 aromatic heterocycles. The molecule has 0 saturated carbocycles. The summed E-state index contributed by atoms with van der Waals surface area (Å²) in [4.78, 5) is 33.4. The van der Waals surface area contributed by atoms with E-state index in [9.17, 15) is 22.4 Å². The van der Waals surface area contributed by atoms with E-state index in [4.69, 9.17) is 9.47 Å². The number of anilines is 1. The molecule has 5 aromatic rings. The number of carbonyl (C=O) groups excluding carboxylic acids is 2. The first kappa shape index (κ1) is 33.6. The maximum atomic E-state index is 13.9. The smallest absolute Gasteiger partial charge is 0.261 e. The van der Waals surface area contributed by atoms with Crippen LogP contribution >= 0.6 is 0 Å². The van der Waals surface area contributed by atoms with Crippen LogP contribution in [0.1, 0.15) is 22.9 Å². The van der Waals surface area contributed by atoms with Crippen molar-refractivity contribution in [2.75, 3.05) is 18.4 Å². The molecule has 1 unspecified atom stereocenters. The fraction of sp³-hybridized carbons (Fsp3) is 0.139. The highest BCUT2D eigenvalue weighted by Gasteiger charge is 2.32. The molecule has 0 bridgehead atoms. The quantitative estimate of drug-likeness (QED) is 0.160. The summed E-state index contributed by atoms with van der Waals surface area (Å²) >= 11 is 0. The number of nitrogens with one attached hydrogen (secondary N) is 2. The molecule has 0 spiro atoms. The second-order valence-corrected chi connectivity index (χ2v) is 12.3. The molecule has 5 rings (SSSR count). The van der Waals surface area contributed by atoms with Gasteiger partial charge in [0.15, 0.2) is 6.61 Å². The van der Waals surface area contributed by atoms with Crippen LogP contribution in [0.2, 0.25) is 0 Å². The Balaban J connectivity index is 1.36. The van der Waals surface area contributed by atoms with E-state index in [1.807, 2.05) is 24.3 Å². The molecule has 10 nitrogen and oxygen atoms in total. The number of hydrogen-bond acceptors (Lipinski definition) is 7. The molecule has 1 heterocycles.